The van der Waals surface area contributed by atoms with E-state index >= 15 is 0 Å². The molecular formula is C25H25N3O3. The van der Waals surface area contributed by atoms with E-state index < -0.39 is 0 Å². The summed E-state index contributed by atoms with van der Waals surface area (Å²) in [5.41, 5.74) is 4.23. The molecule has 3 heterocycles. The summed E-state index contributed by atoms with van der Waals surface area (Å²) in [4.78, 5) is 4.16. The summed E-state index contributed by atoms with van der Waals surface area (Å²) >= 11 is 0. The number of para-hydroxylation sites is 1. The fourth-order valence-corrected chi connectivity index (χ4v) is 4.19. The van der Waals surface area contributed by atoms with Crippen molar-refractivity contribution in [1.82, 2.24) is 9.99 Å². The van der Waals surface area contributed by atoms with Crippen LogP contribution < -0.4 is 14.2 Å². The van der Waals surface area contributed by atoms with E-state index in [9.17, 15) is 0 Å². The minimum atomic E-state index is -0.345. The normalized spacial score (nSPS) is 19.2. The first-order valence-corrected chi connectivity index (χ1v) is 10.7. The van der Waals surface area contributed by atoms with Crippen LogP contribution in [-0.2, 0) is 0 Å². The second-order valence-corrected chi connectivity index (χ2v) is 7.46. The Bertz CT molecular complexity index is 1080. The average molecular weight is 415 g/mol. The van der Waals surface area contributed by atoms with Gasteiger partial charge in [0.1, 0.15) is 5.75 Å². The molecule has 2 atom stereocenters. The molecule has 2 aromatic carbocycles. The van der Waals surface area contributed by atoms with Crippen LogP contribution in [0.25, 0.3) is 0 Å². The Morgan fingerprint density at radius 3 is 2.48 bits per heavy atom. The molecule has 158 valence electrons. The molecule has 0 amide bonds. The smallest absolute Gasteiger partial charge is 0.214 e. The van der Waals surface area contributed by atoms with Crippen LogP contribution >= 0.6 is 0 Å². The van der Waals surface area contributed by atoms with Gasteiger partial charge in [0, 0.05) is 29.9 Å². The van der Waals surface area contributed by atoms with Crippen LogP contribution in [0.3, 0.4) is 0 Å². The van der Waals surface area contributed by atoms with E-state index in [4.69, 9.17) is 19.3 Å². The number of hydrazone groups is 1. The summed E-state index contributed by atoms with van der Waals surface area (Å²) in [5, 5.41) is 7.08. The van der Waals surface area contributed by atoms with Gasteiger partial charge in [0.25, 0.3) is 0 Å². The van der Waals surface area contributed by atoms with Crippen LogP contribution in [0.4, 0.5) is 0 Å². The third-order valence-corrected chi connectivity index (χ3v) is 5.57. The van der Waals surface area contributed by atoms with E-state index in [0.717, 1.165) is 46.1 Å². The number of ether oxygens (including phenoxy) is 3. The lowest BCUT2D eigenvalue weighted by molar-refractivity contribution is -0.0212. The van der Waals surface area contributed by atoms with Gasteiger partial charge in [-0.1, -0.05) is 12.1 Å². The van der Waals surface area contributed by atoms with Crippen molar-refractivity contribution in [3.8, 4) is 17.2 Å². The second-order valence-electron chi connectivity index (χ2n) is 7.46. The minimum absolute atomic E-state index is 0.0730. The largest absolute Gasteiger partial charge is 0.494 e. The van der Waals surface area contributed by atoms with Gasteiger partial charge < -0.3 is 14.2 Å². The number of benzene rings is 2. The molecule has 0 spiro atoms. The first-order valence-electron chi connectivity index (χ1n) is 10.7. The fraction of sp³-hybridized carbons (Fsp3) is 0.280. The molecule has 0 saturated carbocycles. The lowest BCUT2D eigenvalue weighted by Crippen LogP contribution is -2.33. The number of pyridine rings is 1. The number of fused-ring (bicyclic) bond motifs is 3. The van der Waals surface area contributed by atoms with E-state index in [2.05, 4.69) is 28.2 Å². The van der Waals surface area contributed by atoms with Gasteiger partial charge in [-0.2, -0.15) is 5.10 Å². The van der Waals surface area contributed by atoms with Crippen LogP contribution in [-0.4, -0.2) is 28.9 Å². The molecule has 31 heavy (non-hydrogen) atoms. The van der Waals surface area contributed by atoms with Crippen molar-refractivity contribution in [2.45, 2.75) is 32.5 Å². The number of rotatable bonds is 6. The molecule has 0 unspecified atom stereocenters. The Balaban J connectivity index is 1.55. The maximum atomic E-state index is 6.50. The van der Waals surface area contributed by atoms with E-state index in [1.807, 2.05) is 50.2 Å². The van der Waals surface area contributed by atoms with Gasteiger partial charge in [-0.3, -0.25) is 4.98 Å². The molecule has 0 aliphatic carbocycles. The summed E-state index contributed by atoms with van der Waals surface area (Å²) in [6, 6.07) is 18.2. The lowest BCUT2D eigenvalue weighted by atomic mass is 9.95. The summed E-state index contributed by atoms with van der Waals surface area (Å²) in [6.45, 7) is 5.21. The molecule has 0 N–H and O–H groups in total. The fourth-order valence-electron chi connectivity index (χ4n) is 4.19. The highest BCUT2D eigenvalue weighted by Crippen LogP contribution is 2.50. The number of hydrogen-bond acceptors (Lipinski definition) is 6. The molecule has 2 aliphatic rings. The van der Waals surface area contributed by atoms with Gasteiger partial charge in [0.2, 0.25) is 6.23 Å². The number of hydrogen-bond donors (Lipinski definition) is 0. The van der Waals surface area contributed by atoms with Gasteiger partial charge in [-0.25, -0.2) is 5.01 Å². The Morgan fingerprint density at radius 2 is 1.74 bits per heavy atom. The molecule has 3 aromatic rings. The van der Waals surface area contributed by atoms with Crippen LogP contribution in [0, 0.1) is 0 Å². The predicted octanol–water partition coefficient (Wildman–Crippen LogP) is 5.12. The van der Waals surface area contributed by atoms with E-state index in [-0.39, 0.29) is 12.3 Å². The van der Waals surface area contributed by atoms with Crippen molar-refractivity contribution >= 4 is 5.71 Å². The maximum Gasteiger partial charge on any atom is 0.214 e. The van der Waals surface area contributed by atoms with Crippen molar-refractivity contribution in [2.75, 3.05) is 13.2 Å². The third kappa shape index (κ3) is 3.58. The maximum absolute atomic E-state index is 6.50. The Labute approximate surface area is 182 Å². The van der Waals surface area contributed by atoms with Gasteiger partial charge in [0.05, 0.1) is 25.0 Å². The Morgan fingerprint density at radius 1 is 0.968 bits per heavy atom. The minimum Gasteiger partial charge on any atom is -0.494 e. The zero-order valence-electron chi connectivity index (χ0n) is 17.7. The van der Waals surface area contributed by atoms with Crippen LogP contribution in [0.15, 0.2) is 72.1 Å². The number of nitrogens with zero attached hydrogens (tertiary/aromatic N) is 3. The molecule has 1 aromatic heterocycles. The first-order chi connectivity index (χ1) is 15.3. The summed E-state index contributed by atoms with van der Waals surface area (Å²) in [6.07, 6.45) is 4.01. The summed E-state index contributed by atoms with van der Waals surface area (Å²) in [7, 11) is 0. The molecule has 0 radical (unpaired) electrons. The first kappa shape index (κ1) is 19.4. The zero-order chi connectivity index (χ0) is 21.2. The third-order valence-electron chi connectivity index (χ3n) is 5.57. The van der Waals surface area contributed by atoms with Crippen LogP contribution in [0.5, 0.6) is 17.2 Å². The number of aromatic nitrogens is 1. The zero-order valence-corrected chi connectivity index (χ0v) is 17.7. The highest BCUT2D eigenvalue weighted by Gasteiger charge is 2.42. The van der Waals surface area contributed by atoms with E-state index in [0.29, 0.717) is 13.2 Å². The average Bonchev–Trinajstić information content (AvgIpc) is 3.26. The summed E-state index contributed by atoms with van der Waals surface area (Å²) in [5.74, 6) is 2.44. The molecule has 5 rings (SSSR count). The van der Waals surface area contributed by atoms with Gasteiger partial charge in [-0.05, 0) is 61.9 Å². The summed E-state index contributed by atoms with van der Waals surface area (Å²) < 4.78 is 18.0. The molecule has 6 heteroatoms. The van der Waals surface area contributed by atoms with Crippen LogP contribution in [0.2, 0.25) is 0 Å². The van der Waals surface area contributed by atoms with Crippen molar-refractivity contribution in [3.63, 3.8) is 0 Å². The Kier molecular flexibility index (Phi) is 5.20. The van der Waals surface area contributed by atoms with Crippen molar-refractivity contribution in [1.29, 1.82) is 0 Å². The van der Waals surface area contributed by atoms with E-state index in [1.54, 1.807) is 12.4 Å². The van der Waals surface area contributed by atoms with Crippen molar-refractivity contribution < 1.29 is 14.2 Å². The van der Waals surface area contributed by atoms with Crippen molar-refractivity contribution in [2.24, 2.45) is 5.10 Å². The quantitative estimate of drug-likeness (QED) is 0.559. The molecule has 2 aliphatic heterocycles. The molecular weight excluding hydrogens is 390 g/mol. The molecule has 0 fully saturated rings. The SMILES string of the molecule is CCOc1ccc(C2=NN3[C@@H](C2)c2cccc(OCC)c2O[C@H]3c2ccncc2)cc1. The highest BCUT2D eigenvalue weighted by molar-refractivity contribution is 6.02. The highest BCUT2D eigenvalue weighted by atomic mass is 16.5. The standard InChI is InChI=1S/C25H25N3O3/c1-3-29-19-10-8-17(9-11-19)21-16-22-20-6-5-7-23(30-4-2)24(20)31-25(28(22)27-21)18-12-14-26-15-13-18/h5-15,22,25H,3-4,16H2,1-2H3/t22-,25-/m0/s1. The predicted molar refractivity (Wildman–Crippen MR) is 119 cm³/mol. The Hall–Kier alpha value is -3.54. The molecule has 0 saturated heterocycles. The van der Waals surface area contributed by atoms with Gasteiger partial charge in [-0.15, -0.1) is 0 Å². The van der Waals surface area contributed by atoms with Gasteiger partial charge >= 0.3 is 0 Å². The van der Waals surface area contributed by atoms with Crippen LogP contribution in [0.1, 0.15) is 49.2 Å². The van der Waals surface area contributed by atoms with Gasteiger partial charge in [0.15, 0.2) is 11.5 Å². The van der Waals surface area contributed by atoms with E-state index in [1.165, 1.54) is 0 Å². The monoisotopic (exact) mass is 415 g/mol. The topological polar surface area (TPSA) is 56.2 Å². The lowest BCUT2D eigenvalue weighted by Gasteiger charge is -2.38. The van der Waals surface area contributed by atoms with Crippen molar-refractivity contribution in [3.05, 3.63) is 83.7 Å². The molecule has 0 bridgehead atoms. The molecule has 6 nitrogen and oxygen atoms in total. The second kappa shape index (κ2) is 8.30.